The van der Waals surface area contributed by atoms with Crippen LogP contribution >= 0.6 is 7.92 Å². The van der Waals surface area contributed by atoms with E-state index in [-0.39, 0.29) is 28.0 Å². The summed E-state index contributed by atoms with van der Waals surface area (Å²) in [5.74, 6) is 0.409. The summed E-state index contributed by atoms with van der Waals surface area (Å²) >= 11 is 0. The molecule has 0 bridgehead atoms. The van der Waals surface area contributed by atoms with E-state index in [2.05, 4.69) is 30.3 Å². The SMILES string of the molecule is Oc1ccc(O)c([PH+](c2ccccc2)c2ccccc2)c1.[Ni].[c-]1ccccc1. The second-order valence-electron chi connectivity index (χ2n) is 5.89. The summed E-state index contributed by atoms with van der Waals surface area (Å²) in [7, 11) is -1.34. The molecule has 0 fully saturated rings. The Morgan fingerprint density at radius 1 is 0.607 bits per heavy atom. The van der Waals surface area contributed by atoms with E-state index >= 15 is 0 Å². The first-order valence-corrected chi connectivity index (χ1v) is 10.2. The van der Waals surface area contributed by atoms with Gasteiger partial charge in [-0.25, -0.2) is 0 Å². The predicted octanol–water partition coefficient (Wildman–Crippen LogP) is 4.07. The van der Waals surface area contributed by atoms with Gasteiger partial charge >= 0.3 is 0 Å². The van der Waals surface area contributed by atoms with Gasteiger partial charge in [0, 0.05) is 22.6 Å². The number of rotatable bonds is 3. The van der Waals surface area contributed by atoms with Crippen molar-refractivity contribution in [3.8, 4) is 11.5 Å². The van der Waals surface area contributed by atoms with Crippen molar-refractivity contribution in [1.29, 1.82) is 0 Å². The minimum absolute atomic E-state index is 0. The van der Waals surface area contributed by atoms with Gasteiger partial charge in [-0.3, -0.25) is 0 Å². The van der Waals surface area contributed by atoms with Gasteiger partial charge in [-0.05, 0) is 36.4 Å². The molecule has 0 aliphatic carbocycles. The minimum Gasteiger partial charge on any atom is -0.508 e. The second kappa shape index (κ2) is 11.3. The van der Waals surface area contributed by atoms with Crippen LogP contribution in [0.2, 0.25) is 0 Å². The fourth-order valence-electron chi connectivity index (χ4n) is 2.75. The Kier molecular flexibility index (Phi) is 8.75. The number of hydrogen-bond donors (Lipinski definition) is 2. The standard InChI is InChI=1S/C18H15O2P.C6H5.Ni/c19-14-11-12-17(20)18(13-14)21(15-7-3-1-4-8-15)16-9-5-2-6-10-16;1-2-4-6-5-3-1;/h1-13,19-20H;1-5H;/q;-1;/p+1. The zero-order chi connectivity index (χ0) is 18.9. The van der Waals surface area contributed by atoms with Crippen molar-refractivity contribution in [2.24, 2.45) is 0 Å². The molecule has 4 rings (SSSR count). The summed E-state index contributed by atoms with van der Waals surface area (Å²) in [5, 5.41) is 23.2. The Morgan fingerprint density at radius 2 is 1.11 bits per heavy atom. The van der Waals surface area contributed by atoms with E-state index in [1.807, 2.05) is 66.7 Å². The normalized spacial score (nSPS) is 9.75. The summed E-state index contributed by atoms with van der Waals surface area (Å²) in [5.41, 5.74) is 0. The molecule has 144 valence electrons. The molecule has 4 aromatic rings. The molecule has 4 heteroatoms. The maximum absolute atomic E-state index is 10.2. The third-order valence-electron chi connectivity index (χ3n) is 3.98. The van der Waals surface area contributed by atoms with Crippen molar-refractivity contribution < 1.29 is 26.7 Å². The number of benzene rings is 4. The van der Waals surface area contributed by atoms with Crippen molar-refractivity contribution in [1.82, 2.24) is 0 Å². The molecule has 0 aromatic heterocycles. The molecule has 28 heavy (non-hydrogen) atoms. The summed E-state index contributed by atoms with van der Waals surface area (Å²) in [4.78, 5) is 0. The van der Waals surface area contributed by atoms with Crippen molar-refractivity contribution in [2.75, 3.05) is 0 Å². The summed E-state index contributed by atoms with van der Waals surface area (Å²) in [6.45, 7) is 0. The Hall–Kier alpha value is -2.60. The average Bonchev–Trinajstić information content (AvgIpc) is 2.74. The van der Waals surface area contributed by atoms with Gasteiger partial charge in [0.25, 0.3) is 0 Å². The van der Waals surface area contributed by atoms with Crippen molar-refractivity contribution in [3.05, 3.63) is 115 Å². The average molecular weight is 431 g/mol. The van der Waals surface area contributed by atoms with Crippen LogP contribution in [0, 0.1) is 6.07 Å². The second-order valence-corrected chi connectivity index (χ2v) is 8.33. The van der Waals surface area contributed by atoms with Crippen LogP contribution in [0.3, 0.4) is 0 Å². The van der Waals surface area contributed by atoms with Crippen molar-refractivity contribution >= 4 is 23.8 Å². The van der Waals surface area contributed by atoms with Crippen molar-refractivity contribution in [3.63, 3.8) is 0 Å². The third kappa shape index (κ3) is 5.96. The van der Waals surface area contributed by atoms with E-state index in [4.69, 9.17) is 0 Å². The number of hydrogen-bond acceptors (Lipinski definition) is 2. The Balaban J connectivity index is 0.000000344. The minimum atomic E-state index is -1.34. The van der Waals surface area contributed by atoms with Crippen LogP contribution in [0.15, 0.2) is 109 Å². The zero-order valence-corrected chi connectivity index (χ0v) is 17.1. The summed E-state index contributed by atoms with van der Waals surface area (Å²) < 4.78 is 0. The van der Waals surface area contributed by atoms with Gasteiger partial charge in [0.2, 0.25) is 0 Å². The smallest absolute Gasteiger partial charge is 0.158 e. The number of phenols is 2. The Bertz CT molecular complexity index is 882. The number of aromatic hydroxyl groups is 2. The summed E-state index contributed by atoms with van der Waals surface area (Å²) in [6, 6.07) is 37.5. The van der Waals surface area contributed by atoms with E-state index < -0.39 is 7.92 Å². The molecule has 0 atom stereocenters. The largest absolute Gasteiger partial charge is 0.508 e. The van der Waals surface area contributed by atoms with Gasteiger partial charge in [0.15, 0.2) is 5.75 Å². The molecule has 0 amide bonds. The van der Waals surface area contributed by atoms with Gasteiger partial charge in [-0.1, -0.05) is 36.4 Å². The molecule has 2 N–H and O–H groups in total. The molecular formula is C24H21NiO2P. The molecule has 2 nitrogen and oxygen atoms in total. The number of phenolic OH excluding ortho intramolecular Hbond substituents is 2. The van der Waals surface area contributed by atoms with Gasteiger partial charge in [-0.15, -0.1) is 0 Å². The predicted molar refractivity (Wildman–Crippen MR) is 115 cm³/mol. The molecule has 0 heterocycles. The third-order valence-corrected chi connectivity index (χ3v) is 6.74. The maximum atomic E-state index is 10.2. The maximum Gasteiger partial charge on any atom is 0.158 e. The molecule has 0 spiro atoms. The molecule has 4 aromatic carbocycles. The van der Waals surface area contributed by atoms with Crippen LogP contribution in [0.4, 0.5) is 0 Å². The van der Waals surface area contributed by atoms with E-state index in [0.29, 0.717) is 0 Å². The molecule has 0 unspecified atom stereocenters. The first-order chi connectivity index (χ1) is 13.3. The van der Waals surface area contributed by atoms with Crippen LogP contribution in [0.5, 0.6) is 11.5 Å². The van der Waals surface area contributed by atoms with Crippen LogP contribution < -0.4 is 15.9 Å². The Labute approximate surface area is 177 Å². The summed E-state index contributed by atoms with van der Waals surface area (Å²) in [6.07, 6.45) is 0. The molecule has 0 saturated heterocycles. The molecule has 0 aliphatic heterocycles. The van der Waals surface area contributed by atoms with Crippen LogP contribution in [0.25, 0.3) is 0 Å². The van der Waals surface area contributed by atoms with Gasteiger partial charge in [-0.2, -0.15) is 36.4 Å². The molecular weight excluding hydrogens is 410 g/mol. The quantitative estimate of drug-likeness (QED) is 0.222. The fraction of sp³-hybridized carbons (Fsp3) is 0. The van der Waals surface area contributed by atoms with Crippen LogP contribution in [-0.4, -0.2) is 10.2 Å². The first kappa shape index (κ1) is 21.7. The zero-order valence-electron chi connectivity index (χ0n) is 15.1. The van der Waals surface area contributed by atoms with Gasteiger partial charge in [0.05, 0.1) is 0 Å². The van der Waals surface area contributed by atoms with Gasteiger partial charge in [0.1, 0.15) is 29.6 Å². The van der Waals surface area contributed by atoms with E-state index in [9.17, 15) is 10.2 Å². The topological polar surface area (TPSA) is 40.5 Å². The van der Waals surface area contributed by atoms with Crippen molar-refractivity contribution in [2.45, 2.75) is 0 Å². The van der Waals surface area contributed by atoms with Gasteiger partial charge < -0.3 is 10.2 Å². The van der Waals surface area contributed by atoms with Crippen LogP contribution in [0.1, 0.15) is 0 Å². The van der Waals surface area contributed by atoms with E-state index in [1.54, 1.807) is 12.1 Å². The molecule has 0 saturated carbocycles. The fourth-order valence-corrected chi connectivity index (χ4v) is 5.39. The molecule has 0 aliphatic rings. The van der Waals surface area contributed by atoms with E-state index in [0.717, 1.165) is 5.30 Å². The van der Waals surface area contributed by atoms with E-state index in [1.165, 1.54) is 16.7 Å². The Morgan fingerprint density at radius 3 is 1.54 bits per heavy atom. The van der Waals surface area contributed by atoms with Crippen LogP contribution in [-0.2, 0) is 16.5 Å². The monoisotopic (exact) mass is 430 g/mol. The first-order valence-electron chi connectivity index (χ1n) is 8.67. The molecule has 0 radical (unpaired) electrons.